The van der Waals surface area contributed by atoms with E-state index in [0.717, 1.165) is 51.3 Å². The van der Waals surface area contributed by atoms with Crippen LogP contribution in [0.15, 0.2) is 23.4 Å². The minimum atomic E-state index is -0.183. The molecule has 7 heteroatoms. The van der Waals surface area contributed by atoms with Gasteiger partial charge in [0.25, 0.3) is 5.56 Å². The molecular formula is C16H21N5O2. The van der Waals surface area contributed by atoms with Gasteiger partial charge < -0.3 is 15.0 Å². The van der Waals surface area contributed by atoms with Crippen LogP contribution in [0, 0.1) is 0 Å². The Morgan fingerprint density at radius 3 is 2.74 bits per heavy atom. The second kappa shape index (κ2) is 5.90. The number of fused-ring (bicyclic) bond motifs is 1. The van der Waals surface area contributed by atoms with Gasteiger partial charge in [-0.15, -0.1) is 0 Å². The Bertz CT molecular complexity index is 753. The van der Waals surface area contributed by atoms with E-state index in [1.807, 2.05) is 0 Å². The van der Waals surface area contributed by atoms with Crippen molar-refractivity contribution >= 4 is 16.7 Å². The predicted molar refractivity (Wildman–Crippen MR) is 87.6 cm³/mol. The molecule has 4 rings (SSSR count). The van der Waals surface area contributed by atoms with Gasteiger partial charge >= 0.3 is 0 Å². The van der Waals surface area contributed by atoms with Crippen molar-refractivity contribution in [1.29, 1.82) is 0 Å². The second-order valence-electron chi connectivity index (χ2n) is 6.35. The van der Waals surface area contributed by atoms with Crippen LogP contribution in [0.25, 0.3) is 10.9 Å². The molecule has 3 heterocycles. The largest absolute Gasteiger partial charge is 0.391 e. The Labute approximate surface area is 134 Å². The number of aromatic nitrogens is 3. The number of H-pyrrole nitrogens is 1. The van der Waals surface area contributed by atoms with E-state index in [4.69, 9.17) is 0 Å². The van der Waals surface area contributed by atoms with Crippen LogP contribution in [0.1, 0.15) is 19.3 Å². The normalized spacial score (nSPS) is 26.0. The van der Waals surface area contributed by atoms with Crippen molar-refractivity contribution in [3.8, 4) is 0 Å². The molecule has 1 saturated carbocycles. The highest BCUT2D eigenvalue weighted by Crippen LogP contribution is 2.27. The average Bonchev–Trinajstić information content (AvgIpc) is 3.01. The molecule has 1 saturated heterocycles. The molecule has 2 aromatic heterocycles. The number of pyridine rings is 1. The minimum Gasteiger partial charge on any atom is -0.391 e. The van der Waals surface area contributed by atoms with Crippen LogP contribution in [0.3, 0.4) is 0 Å². The molecule has 7 nitrogen and oxygen atoms in total. The quantitative estimate of drug-likeness (QED) is 0.832. The fourth-order valence-electron chi connectivity index (χ4n) is 3.83. The lowest BCUT2D eigenvalue weighted by Gasteiger charge is -2.39. The fraction of sp³-hybridized carbons (Fsp3) is 0.562. The number of aromatic amines is 1. The Morgan fingerprint density at radius 2 is 2.00 bits per heavy atom. The first-order valence-corrected chi connectivity index (χ1v) is 8.23. The molecule has 23 heavy (non-hydrogen) atoms. The molecule has 2 aromatic rings. The topological polar surface area (TPSA) is 85.4 Å². The van der Waals surface area contributed by atoms with Gasteiger partial charge in [-0.3, -0.25) is 9.69 Å². The summed E-state index contributed by atoms with van der Waals surface area (Å²) in [5, 5.41) is 10.7. The third-order valence-corrected chi connectivity index (χ3v) is 5.07. The Morgan fingerprint density at radius 1 is 1.17 bits per heavy atom. The molecular weight excluding hydrogens is 294 g/mol. The number of nitrogens with zero attached hydrogens (tertiary/aromatic N) is 4. The van der Waals surface area contributed by atoms with E-state index in [2.05, 4.69) is 24.8 Å². The Hall–Kier alpha value is -1.99. The summed E-state index contributed by atoms with van der Waals surface area (Å²) in [7, 11) is 0. The molecule has 0 bridgehead atoms. The maximum atomic E-state index is 11.9. The van der Waals surface area contributed by atoms with Crippen LogP contribution in [-0.2, 0) is 0 Å². The summed E-state index contributed by atoms with van der Waals surface area (Å²) in [6, 6.07) is 2.01. The van der Waals surface area contributed by atoms with Gasteiger partial charge in [-0.1, -0.05) is 0 Å². The molecule has 0 radical (unpaired) electrons. The van der Waals surface area contributed by atoms with Crippen molar-refractivity contribution in [2.45, 2.75) is 31.4 Å². The number of nitrogens with one attached hydrogen (secondary N) is 1. The molecule has 2 aliphatic rings. The van der Waals surface area contributed by atoms with E-state index in [1.165, 1.54) is 6.33 Å². The first kappa shape index (κ1) is 14.6. The Balaban J connectivity index is 1.55. The number of piperazine rings is 1. The summed E-state index contributed by atoms with van der Waals surface area (Å²) in [5.74, 6) is 0.778. The van der Waals surface area contributed by atoms with Crippen LogP contribution in [0.5, 0.6) is 0 Å². The molecule has 0 amide bonds. The third-order valence-electron chi connectivity index (χ3n) is 5.07. The van der Waals surface area contributed by atoms with Crippen LogP contribution in [0.4, 0.5) is 5.82 Å². The van der Waals surface area contributed by atoms with E-state index in [1.54, 1.807) is 12.3 Å². The van der Waals surface area contributed by atoms with E-state index in [-0.39, 0.29) is 11.7 Å². The van der Waals surface area contributed by atoms with Crippen LogP contribution < -0.4 is 10.5 Å². The van der Waals surface area contributed by atoms with E-state index < -0.39 is 0 Å². The van der Waals surface area contributed by atoms with Crippen molar-refractivity contribution in [3.63, 3.8) is 0 Å². The van der Waals surface area contributed by atoms with Gasteiger partial charge in [-0.25, -0.2) is 9.97 Å². The first-order valence-electron chi connectivity index (χ1n) is 8.23. The van der Waals surface area contributed by atoms with E-state index >= 15 is 0 Å². The van der Waals surface area contributed by atoms with Crippen LogP contribution >= 0.6 is 0 Å². The minimum absolute atomic E-state index is 0.133. The summed E-state index contributed by atoms with van der Waals surface area (Å²) >= 11 is 0. The van der Waals surface area contributed by atoms with Gasteiger partial charge in [0.1, 0.15) is 5.52 Å². The lowest BCUT2D eigenvalue weighted by Crippen LogP contribution is -2.52. The van der Waals surface area contributed by atoms with Crippen LogP contribution in [0.2, 0.25) is 0 Å². The van der Waals surface area contributed by atoms with Crippen molar-refractivity contribution in [1.82, 2.24) is 19.9 Å². The predicted octanol–water partition coefficient (Wildman–Crippen LogP) is 0.353. The molecule has 1 aliphatic heterocycles. The third kappa shape index (κ3) is 2.60. The smallest absolute Gasteiger partial charge is 0.258 e. The SMILES string of the molecule is O=c1[nH]cnc2c(N3CCN(C4CCCC4O)CC3)nccc12. The summed E-state index contributed by atoms with van der Waals surface area (Å²) in [5.41, 5.74) is 0.525. The molecule has 2 N–H and O–H groups in total. The Kier molecular flexibility index (Phi) is 3.74. The van der Waals surface area contributed by atoms with Gasteiger partial charge in [-0.2, -0.15) is 0 Å². The van der Waals surface area contributed by atoms with Crippen molar-refractivity contribution < 1.29 is 5.11 Å². The number of hydrogen-bond donors (Lipinski definition) is 2. The second-order valence-corrected chi connectivity index (χ2v) is 6.35. The van der Waals surface area contributed by atoms with Gasteiger partial charge in [0, 0.05) is 38.4 Å². The number of hydrogen-bond acceptors (Lipinski definition) is 6. The zero-order valence-electron chi connectivity index (χ0n) is 13.0. The number of anilines is 1. The molecule has 2 atom stereocenters. The fourth-order valence-corrected chi connectivity index (χ4v) is 3.83. The number of aliphatic hydroxyl groups is 1. The molecule has 1 aliphatic carbocycles. The summed E-state index contributed by atoms with van der Waals surface area (Å²) in [6.45, 7) is 3.49. The van der Waals surface area contributed by atoms with Crippen molar-refractivity contribution in [2.75, 3.05) is 31.1 Å². The molecule has 0 spiro atoms. The lowest BCUT2D eigenvalue weighted by molar-refractivity contribution is 0.0671. The monoisotopic (exact) mass is 315 g/mol. The summed E-state index contributed by atoms with van der Waals surface area (Å²) in [4.78, 5) is 27.8. The van der Waals surface area contributed by atoms with E-state index in [9.17, 15) is 9.90 Å². The highest BCUT2D eigenvalue weighted by atomic mass is 16.3. The first-order chi connectivity index (χ1) is 11.2. The molecule has 122 valence electrons. The number of rotatable bonds is 2. The maximum Gasteiger partial charge on any atom is 0.258 e. The summed E-state index contributed by atoms with van der Waals surface area (Å²) < 4.78 is 0. The van der Waals surface area contributed by atoms with Crippen molar-refractivity contribution in [2.24, 2.45) is 0 Å². The summed E-state index contributed by atoms with van der Waals surface area (Å²) in [6.07, 6.45) is 6.04. The zero-order valence-corrected chi connectivity index (χ0v) is 13.0. The van der Waals surface area contributed by atoms with E-state index in [0.29, 0.717) is 16.9 Å². The molecule has 2 fully saturated rings. The lowest BCUT2D eigenvalue weighted by atomic mass is 10.1. The van der Waals surface area contributed by atoms with Gasteiger partial charge in [0.15, 0.2) is 5.82 Å². The highest BCUT2D eigenvalue weighted by Gasteiger charge is 2.33. The molecule has 0 aromatic carbocycles. The highest BCUT2D eigenvalue weighted by molar-refractivity contribution is 5.87. The van der Waals surface area contributed by atoms with Gasteiger partial charge in [0.2, 0.25) is 0 Å². The average molecular weight is 315 g/mol. The zero-order chi connectivity index (χ0) is 15.8. The maximum absolute atomic E-state index is 11.9. The van der Waals surface area contributed by atoms with Crippen molar-refractivity contribution in [3.05, 3.63) is 28.9 Å². The van der Waals surface area contributed by atoms with Gasteiger partial charge in [0.05, 0.1) is 17.8 Å². The van der Waals surface area contributed by atoms with Gasteiger partial charge in [-0.05, 0) is 25.3 Å². The standard InChI is InChI=1S/C16H21N5O2/c22-13-3-1-2-12(13)20-6-8-21(9-7-20)15-14-11(4-5-17-15)16(23)19-10-18-14/h4-5,10,12-13,22H,1-3,6-9H2,(H,18,19,23). The van der Waals surface area contributed by atoms with Crippen LogP contribution in [-0.4, -0.2) is 63.3 Å². The number of aliphatic hydroxyl groups excluding tert-OH is 1. The molecule has 2 unspecified atom stereocenters.